The maximum Gasteiger partial charge on any atom is 0.337 e. The summed E-state index contributed by atoms with van der Waals surface area (Å²) in [6.07, 6.45) is 3.58. The number of nitrogens with one attached hydrogen (secondary N) is 2. The molecule has 2 saturated carbocycles. The Morgan fingerprint density at radius 3 is 2.55 bits per heavy atom. The molecule has 2 N–H and O–H groups in total. The zero-order valence-electron chi connectivity index (χ0n) is 23.0. The van der Waals surface area contributed by atoms with Crippen LogP contribution in [-0.4, -0.2) is 42.0 Å². The summed E-state index contributed by atoms with van der Waals surface area (Å²) in [5.74, 6) is -0.0208. The van der Waals surface area contributed by atoms with Gasteiger partial charge in [-0.3, -0.25) is 4.79 Å². The van der Waals surface area contributed by atoms with Crippen LogP contribution >= 0.6 is 0 Å². The number of ether oxygens (including phenoxy) is 1. The third-order valence-electron chi connectivity index (χ3n) is 8.61. The zero-order chi connectivity index (χ0) is 27.9. The average molecular weight is 538 g/mol. The standard InChI is InChI=1S/C33H35N3O4/c1-33(14-15-33)35-32(39)36-16-13-26-25(22-9-6-10-23(17-22)31(38)40-2)12-11-24(29(26)20-36)19-34-30(37)28-18-27(28)21-7-4-3-5-8-21/h3-12,17,27-28H,13-16,18-20H2,1-2H3,(H,34,37)(H,35,39). The van der Waals surface area contributed by atoms with Crippen LogP contribution in [0.5, 0.6) is 0 Å². The number of urea groups is 1. The predicted octanol–water partition coefficient (Wildman–Crippen LogP) is 5.18. The summed E-state index contributed by atoms with van der Waals surface area (Å²) in [5, 5.41) is 6.36. The Hall–Kier alpha value is -4.13. The van der Waals surface area contributed by atoms with Crippen molar-refractivity contribution in [1.29, 1.82) is 0 Å². The summed E-state index contributed by atoms with van der Waals surface area (Å²) in [5.41, 5.74) is 6.83. The highest BCUT2D eigenvalue weighted by Gasteiger charge is 2.44. The molecular weight excluding hydrogens is 502 g/mol. The molecule has 3 aromatic carbocycles. The summed E-state index contributed by atoms with van der Waals surface area (Å²) in [6, 6.07) is 21.7. The molecule has 2 fully saturated rings. The Kier molecular flexibility index (Phi) is 6.82. The SMILES string of the molecule is COC(=O)c1cccc(-c2ccc(CNC(=O)C3CC3c3ccccc3)c3c2CCN(C(=O)NC2(C)CC2)C3)c1. The number of fused-ring (bicyclic) bond motifs is 1. The molecule has 6 rings (SSSR count). The van der Waals surface area contributed by atoms with Crippen molar-refractivity contribution in [3.8, 4) is 11.1 Å². The molecule has 3 amide bonds. The van der Waals surface area contributed by atoms with E-state index in [1.165, 1.54) is 12.7 Å². The van der Waals surface area contributed by atoms with Crippen molar-refractivity contribution < 1.29 is 19.1 Å². The molecular formula is C33H35N3O4. The van der Waals surface area contributed by atoms with E-state index in [-0.39, 0.29) is 35.3 Å². The van der Waals surface area contributed by atoms with Crippen molar-refractivity contribution in [2.24, 2.45) is 5.92 Å². The number of nitrogens with zero attached hydrogens (tertiary/aromatic N) is 1. The fraction of sp³-hybridized carbons (Fsp3) is 0.364. The molecule has 0 spiro atoms. The van der Waals surface area contributed by atoms with Crippen LogP contribution in [-0.2, 0) is 29.0 Å². The molecule has 3 aromatic rings. The minimum absolute atomic E-state index is 0.000114. The van der Waals surface area contributed by atoms with Gasteiger partial charge in [-0.05, 0) is 84.0 Å². The molecule has 40 heavy (non-hydrogen) atoms. The molecule has 0 saturated heterocycles. The second-order valence-electron chi connectivity index (χ2n) is 11.5. The molecule has 2 unspecified atom stereocenters. The van der Waals surface area contributed by atoms with Crippen molar-refractivity contribution in [2.45, 2.75) is 57.2 Å². The van der Waals surface area contributed by atoms with Crippen molar-refractivity contribution in [1.82, 2.24) is 15.5 Å². The number of esters is 1. The van der Waals surface area contributed by atoms with Gasteiger partial charge in [0.1, 0.15) is 0 Å². The van der Waals surface area contributed by atoms with Crippen LogP contribution < -0.4 is 10.6 Å². The van der Waals surface area contributed by atoms with Gasteiger partial charge in [0.05, 0.1) is 12.7 Å². The van der Waals surface area contributed by atoms with Crippen molar-refractivity contribution in [3.05, 3.63) is 94.5 Å². The Labute approximate surface area is 234 Å². The highest BCUT2D eigenvalue weighted by atomic mass is 16.5. The van der Waals surface area contributed by atoms with Gasteiger partial charge in [0.2, 0.25) is 5.91 Å². The molecule has 0 aromatic heterocycles. The van der Waals surface area contributed by atoms with E-state index in [0.29, 0.717) is 31.6 Å². The Morgan fingerprint density at radius 2 is 1.80 bits per heavy atom. The van der Waals surface area contributed by atoms with Gasteiger partial charge in [0.15, 0.2) is 0 Å². The molecule has 2 aliphatic carbocycles. The Bertz CT molecular complexity index is 1460. The van der Waals surface area contributed by atoms with Gasteiger partial charge in [0.25, 0.3) is 0 Å². The molecule has 1 heterocycles. The third kappa shape index (κ3) is 5.33. The highest BCUT2D eigenvalue weighted by Crippen LogP contribution is 2.47. The molecule has 1 aliphatic heterocycles. The number of methoxy groups -OCH3 is 1. The average Bonchev–Trinajstić information content (AvgIpc) is 3.92. The Morgan fingerprint density at radius 1 is 1.00 bits per heavy atom. The summed E-state index contributed by atoms with van der Waals surface area (Å²) >= 11 is 0. The van der Waals surface area contributed by atoms with Crippen LogP contribution in [0.25, 0.3) is 11.1 Å². The first-order chi connectivity index (χ1) is 19.3. The summed E-state index contributed by atoms with van der Waals surface area (Å²) < 4.78 is 4.93. The largest absolute Gasteiger partial charge is 0.465 e. The molecule has 206 valence electrons. The number of rotatable bonds is 7. The lowest BCUT2D eigenvalue weighted by atomic mass is 9.87. The van der Waals surface area contributed by atoms with Crippen LogP contribution in [0.3, 0.4) is 0 Å². The maximum absolute atomic E-state index is 13.1. The molecule has 3 aliphatic rings. The quantitative estimate of drug-likeness (QED) is 0.407. The van der Waals surface area contributed by atoms with E-state index in [1.807, 2.05) is 47.4 Å². The lowest BCUT2D eigenvalue weighted by Crippen LogP contribution is -2.47. The third-order valence-corrected chi connectivity index (χ3v) is 8.61. The number of carbonyl (C=O) groups excluding carboxylic acids is 3. The van der Waals surface area contributed by atoms with Gasteiger partial charge in [-0.25, -0.2) is 9.59 Å². The Balaban J connectivity index is 1.25. The highest BCUT2D eigenvalue weighted by molar-refractivity contribution is 5.91. The van der Waals surface area contributed by atoms with Crippen LogP contribution in [0.1, 0.15) is 64.7 Å². The van der Waals surface area contributed by atoms with Gasteiger partial charge in [-0.1, -0.05) is 54.6 Å². The number of hydrogen-bond donors (Lipinski definition) is 2. The van der Waals surface area contributed by atoms with Crippen LogP contribution in [0, 0.1) is 5.92 Å². The fourth-order valence-electron chi connectivity index (χ4n) is 5.80. The lowest BCUT2D eigenvalue weighted by molar-refractivity contribution is -0.122. The molecule has 0 bridgehead atoms. The van der Waals surface area contributed by atoms with Gasteiger partial charge in [-0.15, -0.1) is 0 Å². The van der Waals surface area contributed by atoms with Gasteiger partial charge < -0.3 is 20.3 Å². The fourth-order valence-corrected chi connectivity index (χ4v) is 5.80. The number of amides is 3. The first kappa shape index (κ1) is 26.1. The lowest BCUT2D eigenvalue weighted by Gasteiger charge is -2.33. The second-order valence-corrected chi connectivity index (χ2v) is 11.5. The monoisotopic (exact) mass is 537 g/mol. The molecule has 2 atom stereocenters. The maximum atomic E-state index is 13.1. The van der Waals surface area contributed by atoms with E-state index >= 15 is 0 Å². The summed E-state index contributed by atoms with van der Waals surface area (Å²) in [7, 11) is 1.38. The van der Waals surface area contributed by atoms with E-state index in [1.54, 1.807) is 6.07 Å². The van der Waals surface area contributed by atoms with Crippen molar-refractivity contribution in [3.63, 3.8) is 0 Å². The minimum atomic E-state index is -0.375. The van der Waals surface area contributed by atoms with E-state index in [4.69, 9.17) is 4.74 Å². The first-order valence-corrected chi connectivity index (χ1v) is 14.1. The predicted molar refractivity (Wildman–Crippen MR) is 153 cm³/mol. The molecule has 0 radical (unpaired) electrons. The molecule has 7 heteroatoms. The van der Waals surface area contributed by atoms with Crippen LogP contribution in [0.4, 0.5) is 4.79 Å². The normalized spacial score (nSPS) is 20.2. The summed E-state index contributed by atoms with van der Waals surface area (Å²) in [4.78, 5) is 40.2. The van der Waals surface area contributed by atoms with Gasteiger partial charge in [-0.2, -0.15) is 0 Å². The van der Waals surface area contributed by atoms with E-state index < -0.39 is 0 Å². The van der Waals surface area contributed by atoms with E-state index in [9.17, 15) is 14.4 Å². The van der Waals surface area contributed by atoms with Gasteiger partial charge >= 0.3 is 12.0 Å². The number of carbonyl (C=O) groups is 3. The zero-order valence-corrected chi connectivity index (χ0v) is 23.0. The topological polar surface area (TPSA) is 87.7 Å². The van der Waals surface area contributed by atoms with E-state index in [0.717, 1.165) is 47.1 Å². The van der Waals surface area contributed by atoms with Crippen LogP contribution in [0.2, 0.25) is 0 Å². The van der Waals surface area contributed by atoms with Crippen molar-refractivity contribution in [2.75, 3.05) is 13.7 Å². The van der Waals surface area contributed by atoms with Crippen LogP contribution in [0.15, 0.2) is 66.7 Å². The molecule has 7 nitrogen and oxygen atoms in total. The van der Waals surface area contributed by atoms with E-state index in [2.05, 4.69) is 35.8 Å². The number of benzene rings is 3. The van der Waals surface area contributed by atoms with Crippen molar-refractivity contribution >= 4 is 17.9 Å². The number of hydrogen-bond acceptors (Lipinski definition) is 4. The second kappa shape index (κ2) is 10.5. The first-order valence-electron chi connectivity index (χ1n) is 14.1. The summed E-state index contributed by atoms with van der Waals surface area (Å²) in [6.45, 7) is 3.57. The van der Waals surface area contributed by atoms with Gasteiger partial charge in [0, 0.05) is 31.1 Å². The minimum Gasteiger partial charge on any atom is -0.465 e. The smallest absolute Gasteiger partial charge is 0.337 e.